The summed E-state index contributed by atoms with van der Waals surface area (Å²) in [5, 5.41) is 0. The van der Waals surface area contributed by atoms with Crippen LogP contribution in [0.25, 0.3) is 6.08 Å². The first-order chi connectivity index (χ1) is 25.4. The molecule has 1 saturated heterocycles. The highest BCUT2D eigenvalue weighted by atomic mass is 32.2. The molecule has 1 fully saturated rings. The second kappa shape index (κ2) is 18.7. The molecule has 2 aliphatic heterocycles. The van der Waals surface area contributed by atoms with E-state index in [9.17, 15) is 13.2 Å². The minimum atomic E-state index is -2.97. The molecule has 5 rings (SSSR count). The number of nitrogens with zero attached hydrogens (tertiary/aromatic N) is 1. The Labute approximate surface area is 316 Å². The molecular formula is C43H57NO8S. The Morgan fingerprint density at radius 3 is 2.28 bits per heavy atom. The predicted molar refractivity (Wildman–Crippen MR) is 211 cm³/mol. The van der Waals surface area contributed by atoms with E-state index in [4.69, 9.17) is 23.7 Å². The number of hydrogen-bond donors (Lipinski definition) is 0. The molecule has 0 N–H and O–H groups in total. The van der Waals surface area contributed by atoms with Crippen molar-refractivity contribution in [3.8, 4) is 23.0 Å². The molecule has 3 aromatic rings. The Morgan fingerprint density at radius 2 is 1.58 bits per heavy atom. The Morgan fingerprint density at radius 1 is 0.925 bits per heavy atom. The van der Waals surface area contributed by atoms with Crippen molar-refractivity contribution < 1.29 is 36.9 Å². The molecule has 3 aromatic carbocycles. The Hall–Kier alpha value is -4.18. The number of rotatable bonds is 18. The normalized spacial score (nSPS) is 18.1. The maximum absolute atomic E-state index is 13.1. The average molecular weight is 748 g/mol. The van der Waals surface area contributed by atoms with E-state index in [-0.39, 0.29) is 30.3 Å². The van der Waals surface area contributed by atoms with Crippen LogP contribution in [0.4, 0.5) is 5.69 Å². The zero-order valence-electron chi connectivity index (χ0n) is 32.1. The molecule has 0 amide bonds. The quantitative estimate of drug-likeness (QED) is 0.0720. The number of hydrogen-bond acceptors (Lipinski definition) is 9. The van der Waals surface area contributed by atoms with Gasteiger partial charge in [-0.15, -0.1) is 0 Å². The fourth-order valence-corrected chi connectivity index (χ4v) is 8.20. The monoisotopic (exact) mass is 747 g/mol. The molecule has 0 radical (unpaired) electrons. The number of carbonyl (C=O) groups is 1. The van der Waals surface area contributed by atoms with E-state index in [2.05, 4.69) is 44.7 Å². The molecule has 0 bridgehead atoms. The minimum absolute atomic E-state index is 0.0782. The van der Waals surface area contributed by atoms with Gasteiger partial charge in [-0.2, -0.15) is 0 Å². The van der Waals surface area contributed by atoms with Crippen LogP contribution in [0.1, 0.15) is 95.2 Å². The van der Waals surface area contributed by atoms with Gasteiger partial charge >= 0.3 is 5.97 Å². The van der Waals surface area contributed by atoms with E-state index in [0.717, 1.165) is 65.3 Å². The fraction of sp³-hybridized carbons (Fsp3) is 0.512. The summed E-state index contributed by atoms with van der Waals surface area (Å²) in [5.41, 5.74) is 3.76. The highest BCUT2D eigenvalue weighted by molar-refractivity contribution is 7.91. The van der Waals surface area contributed by atoms with Crippen LogP contribution in [0.2, 0.25) is 0 Å². The van der Waals surface area contributed by atoms with Crippen molar-refractivity contribution in [3.05, 3.63) is 83.4 Å². The number of carbonyl (C=O) groups excluding carboxylic acids is 1. The first kappa shape index (κ1) is 40.0. The second-order valence-corrected chi connectivity index (χ2v) is 17.2. The van der Waals surface area contributed by atoms with Gasteiger partial charge in [0.15, 0.2) is 15.9 Å². The molecular weight excluding hydrogens is 691 g/mol. The van der Waals surface area contributed by atoms with Gasteiger partial charge < -0.3 is 28.6 Å². The second-order valence-electron chi connectivity index (χ2n) is 14.9. The summed E-state index contributed by atoms with van der Waals surface area (Å²) < 4.78 is 54.1. The van der Waals surface area contributed by atoms with Crippen molar-refractivity contribution in [1.29, 1.82) is 0 Å². The molecule has 9 nitrogen and oxygen atoms in total. The van der Waals surface area contributed by atoms with Gasteiger partial charge in [-0.05, 0) is 105 Å². The van der Waals surface area contributed by atoms with Gasteiger partial charge in [0.05, 0.1) is 18.6 Å². The lowest BCUT2D eigenvalue weighted by atomic mass is 9.84. The number of aryl methyl sites for hydroxylation is 1. The van der Waals surface area contributed by atoms with Gasteiger partial charge in [-0.1, -0.05) is 58.1 Å². The number of anilines is 1. The summed E-state index contributed by atoms with van der Waals surface area (Å²) in [7, 11) is -1.36. The van der Waals surface area contributed by atoms with Crippen LogP contribution in [-0.2, 0) is 25.8 Å². The third kappa shape index (κ3) is 12.2. The highest BCUT2D eigenvalue weighted by Crippen LogP contribution is 2.44. The lowest BCUT2D eigenvalue weighted by molar-refractivity contribution is -0.146. The van der Waals surface area contributed by atoms with Gasteiger partial charge in [-0.25, -0.2) is 13.2 Å². The first-order valence-electron chi connectivity index (χ1n) is 19.1. The zero-order chi connectivity index (χ0) is 37.8. The van der Waals surface area contributed by atoms with Crippen molar-refractivity contribution in [1.82, 2.24) is 0 Å². The molecule has 0 aromatic heterocycles. The minimum Gasteiger partial charge on any atom is -0.497 e. The number of benzene rings is 3. The number of unbranched alkanes of at least 4 members (excludes halogenated alkanes) is 5. The number of ether oxygens (including phenoxy) is 5. The summed E-state index contributed by atoms with van der Waals surface area (Å²) in [5.74, 6) is 3.16. The largest absolute Gasteiger partial charge is 0.497 e. The molecule has 0 saturated carbocycles. The SMILES string of the molecule is CCCCCCCCc1cc2c(cc1OCC(COc1ccc(N3CCS(=O)(=O)CC3)cc1)OC(=O)/C=C/c1ccc(OC)cc1)C(C)CC(C)(C)O2. The van der Waals surface area contributed by atoms with Gasteiger partial charge in [-0.3, -0.25) is 0 Å². The van der Waals surface area contributed by atoms with Crippen molar-refractivity contribution in [2.24, 2.45) is 0 Å². The number of esters is 1. The molecule has 2 aliphatic rings. The number of fused-ring (bicyclic) bond motifs is 1. The van der Waals surface area contributed by atoms with E-state index in [1.165, 1.54) is 31.8 Å². The summed E-state index contributed by atoms with van der Waals surface area (Å²) in [6.07, 6.45) is 11.3. The number of sulfone groups is 1. The molecule has 288 valence electrons. The summed E-state index contributed by atoms with van der Waals surface area (Å²) in [4.78, 5) is 15.2. The fourth-order valence-electron chi connectivity index (χ4n) is 7.00. The van der Waals surface area contributed by atoms with E-state index in [1.807, 2.05) is 48.5 Å². The van der Waals surface area contributed by atoms with E-state index >= 15 is 0 Å². The third-order valence-electron chi connectivity index (χ3n) is 9.92. The smallest absolute Gasteiger partial charge is 0.331 e. The van der Waals surface area contributed by atoms with Crippen LogP contribution in [-0.4, -0.2) is 71.0 Å². The van der Waals surface area contributed by atoms with E-state index < -0.39 is 21.9 Å². The third-order valence-corrected chi connectivity index (χ3v) is 11.5. The Balaban J connectivity index is 1.30. The van der Waals surface area contributed by atoms with Crippen LogP contribution >= 0.6 is 0 Å². The summed E-state index contributed by atoms with van der Waals surface area (Å²) >= 11 is 0. The van der Waals surface area contributed by atoms with Crippen molar-refractivity contribution >= 4 is 27.6 Å². The zero-order valence-corrected chi connectivity index (χ0v) is 32.9. The first-order valence-corrected chi connectivity index (χ1v) is 21.0. The van der Waals surface area contributed by atoms with E-state index in [0.29, 0.717) is 24.8 Å². The van der Waals surface area contributed by atoms with Crippen LogP contribution in [0, 0.1) is 0 Å². The molecule has 0 aliphatic carbocycles. The molecule has 0 spiro atoms. The molecule has 2 heterocycles. The maximum Gasteiger partial charge on any atom is 0.331 e. The van der Waals surface area contributed by atoms with E-state index in [1.54, 1.807) is 13.2 Å². The standard InChI is InChI=1S/C43H57NO8S/c1-6-7-8-9-10-11-12-34-27-41-39(32(2)29-43(3,4)52-41)28-40(34)50-31-38(51-42(45)22-15-33-13-18-36(48-5)19-14-33)30-49-37-20-16-35(17-21-37)44-23-25-53(46,47)26-24-44/h13-22,27-28,32,38H,6-12,23-26,29-31H2,1-5H3/b22-15+. The summed E-state index contributed by atoms with van der Waals surface area (Å²) in [6.45, 7) is 9.85. The van der Waals surface area contributed by atoms with Crippen LogP contribution in [0.15, 0.2) is 66.7 Å². The molecule has 2 unspecified atom stereocenters. The predicted octanol–water partition coefficient (Wildman–Crippen LogP) is 8.58. The van der Waals surface area contributed by atoms with Crippen molar-refractivity contribution in [3.63, 3.8) is 0 Å². The highest BCUT2D eigenvalue weighted by Gasteiger charge is 2.32. The lowest BCUT2D eigenvalue weighted by Gasteiger charge is -2.37. The van der Waals surface area contributed by atoms with Crippen LogP contribution < -0.4 is 23.8 Å². The molecule has 53 heavy (non-hydrogen) atoms. The average Bonchev–Trinajstić information content (AvgIpc) is 3.13. The van der Waals surface area contributed by atoms with Gasteiger partial charge in [0, 0.05) is 30.4 Å². The molecule has 2 atom stereocenters. The van der Waals surface area contributed by atoms with Gasteiger partial charge in [0.25, 0.3) is 0 Å². The Bertz CT molecular complexity index is 1750. The van der Waals surface area contributed by atoms with Crippen molar-refractivity contribution in [2.45, 2.75) is 96.7 Å². The van der Waals surface area contributed by atoms with Gasteiger partial charge in [0.2, 0.25) is 0 Å². The van der Waals surface area contributed by atoms with Crippen LogP contribution in [0.5, 0.6) is 23.0 Å². The van der Waals surface area contributed by atoms with Gasteiger partial charge in [0.1, 0.15) is 41.8 Å². The lowest BCUT2D eigenvalue weighted by Crippen LogP contribution is -2.40. The maximum atomic E-state index is 13.1. The van der Waals surface area contributed by atoms with Crippen molar-refractivity contribution in [2.75, 3.05) is 49.8 Å². The van der Waals surface area contributed by atoms with Crippen LogP contribution in [0.3, 0.4) is 0 Å². The Kier molecular flexibility index (Phi) is 14.1. The number of methoxy groups -OCH3 is 1. The topological polar surface area (TPSA) is 101 Å². The summed E-state index contributed by atoms with van der Waals surface area (Å²) in [6, 6.07) is 19.2. The molecule has 10 heteroatoms.